The second-order valence-electron chi connectivity index (χ2n) is 2.91. The number of benzene rings is 1. The first-order chi connectivity index (χ1) is 6.02. The van der Waals surface area contributed by atoms with Crippen LogP contribution in [0, 0.1) is 0 Å². The molecule has 1 atom stereocenters. The summed E-state index contributed by atoms with van der Waals surface area (Å²) in [5.41, 5.74) is 1.58. The minimum atomic E-state index is -0.595. The Kier molecular flexibility index (Phi) is 3.71. The van der Waals surface area contributed by atoms with Crippen LogP contribution in [0.1, 0.15) is 18.6 Å². The maximum absolute atomic E-state index is 9.72. The normalized spacial score (nSPS) is 12.6. The molecule has 3 heteroatoms. The van der Waals surface area contributed by atoms with E-state index in [1.807, 2.05) is 18.2 Å². The lowest BCUT2D eigenvalue weighted by atomic mass is 10.0. The van der Waals surface area contributed by atoms with E-state index in [1.54, 1.807) is 6.92 Å². The number of hydrogen-bond donors (Lipinski definition) is 1. The molecule has 0 aliphatic rings. The lowest BCUT2D eigenvalue weighted by Crippen LogP contribution is -1.98. The minimum absolute atomic E-state index is 0.595. The highest BCUT2D eigenvalue weighted by molar-refractivity contribution is 9.11. The van der Waals surface area contributed by atoms with E-state index in [-0.39, 0.29) is 0 Å². The van der Waals surface area contributed by atoms with Crippen molar-refractivity contribution in [2.75, 3.05) is 0 Å². The van der Waals surface area contributed by atoms with Gasteiger partial charge in [0.25, 0.3) is 0 Å². The summed E-state index contributed by atoms with van der Waals surface area (Å²) in [6.45, 7) is 5.52. The van der Waals surface area contributed by atoms with E-state index in [1.165, 1.54) is 0 Å². The fraction of sp³-hybridized carbons (Fsp3) is 0.200. The number of aliphatic hydroxyl groups excluding tert-OH is 1. The van der Waals surface area contributed by atoms with Crippen molar-refractivity contribution in [2.24, 2.45) is 0 Å². The highest BCUT2D eigenvalue weighted by Gasteiger charge is 2.11. The Morgan fingerprint density at radius 1 is 1.46 bits per heavy atom. The molecule has 1 unspecified atom stereocenters. The van der Waals surface area contributed by atoms with Crippen LogP contribution in [-0.2, 0) is 0 Å². The van der Waals surface area contributed by atoms with Crippen molar-refractivity contribution in [3.05, 3.63) is 44.9 Å². The van der Waals surface area contributed by atoms with Gasteiger partial charge in [0.05, 0.1) is 0 Å². The Labute approximate surface area is 94.7 Å². The molecule has 1 aromatic rings. The summed E-state index contributed by atoms with van der Waals surface area (Å²) in [7, 11) is 0. The average molecular weight is 306 g/mol. The molecule has 1 nitrogen and oxygen atoms in total. The van der Waals surface area contributed by atoms with Crippen molar-refractivity contribution in [3.63, 3.8) is 0 Å². The molecule has 1 rings (SSSR count). The van der Waals surface area contributed by atoms with E-state index in [0.29, 0.717) is 0 Å². The fourth-order valence-corrected chi connectivity index (χ4v) is 2.25. The van der Waals surface area contributed by atoms with Crippen LogP contribution in [0.25, 0.3) is 0 Å². The number of aliphatic hydroxyl groups is 1. The first-order valence-corrected chi connectivity index (χ1v) is 5.39. The Morgan fingerprint density at radius 2 is 2.08 bits per heavy atom. The summed E-state index contributed by atoms with van der Waals surface area (Å²) in [5.74, 6) is 0. The van der Waals surface area contributed by atoms with E-state index < -0.39 is 6.10 Å². The van der Waals surface area contributed by atoms with E-state index in [2.05, 4.69) is 38.4 Å². The molecule has 1 N–H and O–H groups in total. The van der Waals surface area contributed by atoms with Gasteiger partial charge in [0.1, 0.15) is 6.10 Å². The molecule has 70 valence electrons. The third-order valence-corrected chi connectivity index (χ3v) is 2.90. The topological polar surface area (TPSA) is 20.2 Å². The van der Waals surface area contributed by atoms with Crippen molar-refractivity contribution >= 4 is 31.9 Å². The molecule has 0 aliphatic carbocycles. The van der Waals surface area contributed by atoms with Crippen LogP contribution in [-0.4, -0.2) is 5.11 Å². The van der Waals surface area contributed by atoms with E-state index >= 15 is 0 Å². The Hall–Kier alpha value is -0.120. The minimum Gasteiger partial charge on any atom is -0.384 e. The SMILES string of the molecule is C=C(C)C(O)c1ccc(Br)cc1Br. The summed E-state index contributed by atoms with van der Waals surface area (Å²) in [5, 5.41) is 9.72. The van der Waals surface area contributed by atoms with Crippen LogP contribution in [0.15, 0.2) is 39.3 Å². The molecule has 0 radical (unpaired) electrons. The van der Waals surface area contributed by atoms with Crippen molar-refractivity contribution in [1.82, 2.24) is 0 Å². The standard InChI is InChI=1S/C10H10Br2O/c1-6(2)10(13)8-4-3-7(11)5-9(8)12/h3-5,10,13H,1H2,2H3. The molecular weight excluding hydrogens is 296 g/mol. The van der Waals surface area contributed by atoms with Crippen LogP contribution >= 0.6 is 31.9 Å². The highest BCUT2D eigenvalue weighted by Crippen LogP contribution is 2.29. The zero-order valence-corrected chi connectivity index (χ0v) is 10.4. The number of hydrogen-bond acceptors (Lipinski definition) is 1. The van der Waals surface area contributed by atoms with E-state index in [9.17, 15) is 5.11 Å². The lowest BCUT2D eigenvalue weighted by Gasteiger charge is -2.12. The quantitative estimate of drug-likeness (QED) is 0.824. The van der Waals surface area contributed by atoms with Gasteiger partial charge in [-0.1, -0.05) is 44.5 Å². The van der Waals surface area contributed by atoms with Gasteiger partial charge < -0.3 is 5.11 Å². The van der Waals surface area contributed by atoms with Crippen molar-refractivity contribution in [3.8, 4) is 0 Å². The van der Waals surface area contributed by atoms with Gasteiger partial charge in [0, 0.05) is 8.95 Å². The van der Waals surface area contributed by atoms with Gasteiger partial charge in [-0.3, -0.25) is 0 Å². The summed E-state index contributed by atoms with van der Waals surface area (Å²) in [6.07, 6.45) is -0.595. The average Bonchev–Trinajstić information content (AvgIpc) is 2.03. The first-order valence-electron chi connectivity index (χ1n) is 3.81. The van der Waals surface area contributed by atoms with E-state index in [4.69, 9.17) is 0 Å². The lowest BCUT2D eigenvalue weighted by molar-refractivity contribution is 0.215. The van der Waals surface area contributed by atoms with Gasteiger partial charge in [0.15, 0.2) is 0 Å². The van der Waals surface area contributed by atoms with Crippen LogP contribution in [0.4, 0.5) is 0 Å². The maximum Gasteiger partial charge on any atom is 0.101 e. The number of halogens is 2. The third-order valence-electron chi connectivity index (χ3n) is 1.72. The predicted octanol–water partition coefficient (Wildman–Crippen LogP) is 3.82. The van der Waals surface area contributed by atoms with Crippen LogP contribution in [0.2, 0.25) is 0 Å². The van der Waals surface area contributed by atoms with Crippen LogP contribution < -0.4 is 0 Å². The number of rotatable bonds is 2. The van der Waals surface area contributed by atoms with Crippen molar-refractivity contribution in [2.45, 2.75) is 13.0 Å². The smallest absolute Gasteiger partial charge is 0.101 e. The van der Waals surface area contributed by atoms with Gasteiger partial charge in [-0.15, -0.1) is 0 Å². The second kappa shape index (κ2) is 4.40. The van der Waals surface area contributed by atoms with Gasteiger partial charge in [0.2, 0.25) is 0 Å². The molecule has 0 spiro atoms. The van der Waals surface area contributed by atoms with Crippen LogP contribution in [0.5, 0.6) is 0 Å². The molecule has 1 aromatic carbocycles. The maximum atomic E-state index is 9.72. The Morgan fingerprint density at radius 3 is 2.54 bits per heavy atom. The molecule has 0 heterocycles. The molecule has 0 bridgehead atoms. The van der Waals surface area contributed by atoms with Gasteiger partial charge in [-0.05, 0) is 30.2 Å². The van der Waals surface area contributed by atoms with Gasteiger partial charge in [-0.25, -0.2) is 0 Å². The molecule has 0 amide bonds. The monoisotopic (exact) mass is 304 g/mol. The van der Waals surface area contributed by atoms with Crippen molar-refractivity contribution in [1.29, 1.82) is 0 Å². The largest absolute Gasteiger partial charge is 0.384 e. The summed E-state index contributed by atoms with van der Waals surface area (Å²) < 4.78 is 1.87. The summed E-state index contributed by atoms with van der Waals surface area (Å²) in [6, 6.07) is 5.67. The zero-order chi connectivity index (χ0) is 10.0. The third kappa shape index (κ3) is 2.66. The highest BCUT2D eigenvalue weighted by atomic mass is 79.9. The molecule has 0 saturated heterocycles. The molecule has 0 saturated carbocycles. The first kappa shape index (κ1) is 11.0. The predicted molar refractivity (Wildman–Crippen MR) is 61.6 cm³/mol. The fourth-order valence-electron chi connectivity index (χ4n) is 0.989. The molecule has 0 fully saturated rings. The van der Waals surface area contributed by atoms with E-state index in [0.717, 1.165) is 20.1 Å². The molecule has 0 aromatic heterocycles. The molecular formula is C10H10Br2O. The van der Waals surface area contributed by atoms with Crippen LogP contribution in [0.3, 0.4) is 0 Å². The molecule has 13 heavy (non-hydrogen) atoms. The van der Waals surface area contributed by atoms with Gasteiger partial charge in [-0.2, -0.15) is 0 Å². The second-order valence-corrected chi connectivity index (χ2v) is 4.68. The Balaban J connectivity index is 3.08. The van der Waals surface area contributed by atoms with Gasteiger partial charge >= 0.3 is 0 Å². The molecule has 0 aliphatic heterocycles. The van der Waals surface area contributed by atoms with Crippen molar-refractivity contribution < 1.29 is 5.11 Å². The Bertz CT molecular complexity index is 334. The zero-order valence-electron chi connectivity index (χ0n) is 7.22. The summed E-state index contributed by atoms with van der Waals surface area (Å²) >= 11 is 6.73. The summed E-state index contributed by atoms with van der Waals surface area (Å²) in [4.78, 5) is 0.